The fourth-order valence-corrected chi connectivity index (χ4v) is 2.56. The van der Waals surface area contributed by atoms with Crippen LogP contribution in [0.3, 0.4) is 0 Å². The number of carbonyl (C=O) groups is 2. The van der Waals surface area contributed by atoms with E-state index in [-0.39, 0.29) is 17.7 Å². The second-order valence-electron chi connectivity index (χ2n) is 6.24. The Morgan fingerprint density at radius 1 is 0.960 bits per heavy atom. The first-order chi connectivity index (χ1) is 12.0. The molecule has 0 bridgehead atoms. The summed E-state index contributed by atoms with van der Waals surface area (Å²) in [5.41, 5.74) is 2.51. The summed E-state index contributed by atoms with van der Waals surface area (Å²) in [6, 6.07) is 16.2. The van der Waals surface area contributed by atoms with E-state index in [0.717, 1.165) is 18.5 Å². The van der Waals surface area contributed by atoms with Crippen LogP contribution in [0.25, 0.3) is 0 Å². The van der Waals surface area contributed by atoms with Gasteiger partial charge in [0.15, 0.2) is 0 Å². The maximum atomic E-state index is 12.7. The highest BCUT2D eigenvalue weighted by Gasteiger charge is 2.26. The van der Waals surface area contributed by atoms with E-state index >= 15 is 0 Å². The molecule has 0 aliphatic carbocycles. The number of rotatable bonds is 7. The van der Waals surface area contributed by atoms with Crippen molar-refractivity contribution in [3.63, 3.8) is 0 Å². The molecular weight excluding hydrogens is 312 g/mol. The number of hydrogen-bond donors (Lipinski definition) is 2. The van der Waals surface area contributed by atoms with Gasteiger partial charge in [-0.2, -0.15) is 0 Å². The number of aryl methyl sites for hydroxylation is 1. The Balaban J connectivity index is 2.10. The molecule has 0 radical (unpaired) electrons. The summed E-state index contributed by atoms with van der Waals surface area (Å²) >= 11 is 0. The van der Waals surface area contributed by atoms with Gasteiger partial charge in [0.25, 0.3) is 5.91 Å². The highest BCUT2D eigenvalue weighted by molar-refractivity contribution is 6.01. The van der Waals surface area contributed by atoms with E-state index < -0.39 is 6.04 Å². The molecule has 0 saturated carbocycles. The van der Waals surface area contributed by atoms with Crippen LogP contribution in [0.2, 0.25) is 0 Å². The lowest BCUT2D eigenvalue weighted by atomic mass is 9.97. The van der Waals surface area contributed by atoms with Gasteiger partial charge in [0.2, 0.25) is 5.91 Å². The smallest absolute Gasteiger partial charge is 0.251 e. The molecule has 2 aromatic carbocycles. The van der Waals surface area contributed by atoms with Crippen molar-refractivity contribution in [3.05, 3.63) is 65.7 Å². The Kier molecular flexibility index (Phi) is 6.75. The lowest BCUT2D eigenvalue weighted by molar-refractivity contribution is -0.119. The summed E-state index contributed by atoms with van der Waals surface area (Å²) < 4.78 is 0. The summed E-state index contributed by atoms with van der Waals surface area (Å²) in [6.45, 7) is 6.07. The summed E-state index contributed by atoms with van der Waals surface area (Å²) in [5, 5.41) is 5.79. The van der Waals surface area contributed by atoms with E-state index in [9.17, 15) is 9.59 Å². The zero-order chi connectivity index (χ0) is 18.2. The van der Waals surface area contributed by atoms with Crippen LogP contribution in [0.1, 0.15) is 43.1 Å². The SMILES string of the molecule is CCc1ccc(NC(=O)C(NC(=O)c2ccccc2)C(C)CC)cc1. The number of benzene rings is 2. The van der Waals surface area contributed by atoms with Gasteiger partial charge in [0, 0.05) is 11.3 Å². The maximum absolute atomic E-state index is 12.7. The lowest BCUT2D eigenvalue weighted by Crippen LogP contribution is -2.47. The molecule has 2 rings (SSSR count). The average molecular weight is 338 g/mol. The Labute approximate surface area is 149 Å². The van der Waals surface area contributed by atoms with Crippen LogP contribution >= 0.6 is 0 Å². The van der Waals surface area contributed by atoms with Crippen LogP contribution in [0.4, 0.5) is 5.69 Å². The van der Waals surface area contributed by atoms with Crippen LogP contribution in [0.15, 0.2) is 54.6 Å². The largest absolute Gasteiger partial charge is 0.340 e. The zero-order valence-electron chi connectivity index (χ0n) is 15.1. The van der Waals surface area contributed by atoms with Gasteiger partial charge < -0.3 is 10.6 Å². The van der Waals surface area contributed by atoms with E-state index in [2.05, 4.69) is 17.6 Å². The van der Waals surface area contributed by atoms with Crippen LogP contribution in [-0.2, 0) is 11.2 Å². The van der Waals surface area contributed by atoms with Crippen LogP contribution in [0, 0.1) is 5.92 Å². The van der Waals surface area contributed by atoms with Gasteiger partial charge in [-0.1, -0.05) is 57.5 Å². The quantitative estimate of drug-likeness (QED) is 0.801. The molecular formula is C21H26N2O2. The topological polar surface area (TPSA) is 58.2 Å². The molecule has 2 N–H and O–H groups in total. The molecule has 0 fully saturated rings. The van der Waals surface area contributed by atoms with Gasteiger partial charge >= 0.3 is 0 Å². The third-order valence-electron chi connectivity index (χ3n) is 4.45. The summed E-state index contributed by atoms with van der Waals surface area (Å²) in [7, 11) is 0. The van der Waals surface area contributed by atoms with Gasteiger partial charge in [-0.15, -0.1) is 0 Å². The average Bonchev–Trinajstić information content (AvgIpc) is 2.66. The van der Waals surface area contributed by atoms with Gasteiger partial charge in [0.05, 0.1) is 0 Å². The van der Waals surface area contributed by atoms with Crippen molar-refractivity contribution in [2.75, 3.05) is 5.32 Å². The number of nitrogens with one attached hydrogen (secondary N) is 2. The van der Waals surface area contributed by atoms with E-state index in [4.69, 9.17) is 0 Å². The predicted molar refractivity (Wildman–Crippen MR) is 102 cm³/mol. The second kappa shape index (κ2) is 9.02. The van der Waals surface area contributed by atoms with Crippen molar-refractivity contribution in [2.24, 2.45) is 5.92 Å². The van der Waals surface area contributed by atoms with E-state index in [1.807, 2.05) is 56.3 Å². The number of carbonyl (C=O) groups excluding carboxylic acids is 2. The van der Waals surface area contributed by atoms with Crippen molar-refractivity contribution >= 4 is 17.5 Å². The minimum absolute atomic E-state index is 0.0302. The minimum Gasteiger partial charge on any atom is -0.340 e. The summed E-state index contributed by atoms with van der Waals surface area (Å²) in [4.78, 5) is 25.1. The number of hydrogen-bond acceptors (Lipinski definition) is 2. The zero-order valence-corrected chi connectivity index (χ0v) is 15.1. The van der Waals surface area contributed by atoms with Gasteiger partial charge in [-0.25, -0.2) is 0 Å². The molecule has 0 aliphatic heterocycles. The van der Waals surface area contributed by atoms with Crippen LogP contribution in [0.5, 0.6) is 0 Å². The van der Waals surface area contributed by atoms with Crippen molar-refractivity contribution < 1.29 is 9.59 Å². The van der Waals surface area contributed by atoms with Gasteiger partial charge in [0.1, 0.15) is 6.04 Å². The Hall–Kier alpha value is -2.62. The highest BCUT2D eigenvalue weighted by Crippen LogP contribution is 2.14. The molecule has 0 aromatic heterocycles. The Bertz CT molecular complexity index is 696. The predicted octanol–water partition coefficient (Wildman–Crippen LogP) is 4.03. The van der Waals surface area contributed by atoms with Gasteiger partial charge in [-0.05, 0) is 42.2 Å². The molecule has 2 atom stereocenters. The molecule has 0 aliphatic rings. The number of amides is 2. The third kappa shape index (κ3) is 5.18. The van der Waals surface area contributed by atoms with Crippen LogP contribution < -0.4 is 10.6 Å². The molecule has 25 heavy (non-hydrogen) atoms. The van der Waals surface area contributed by atoms with E-state index in [1.54, 1.807) is 12.1 Å². The maximum Gasteiger partial charge on any atom is 0.251 e. The first kappa shape index (κ1) is 18.7. The van der Waals surface area contributed by atoms with E-state index in [1.165, 1.54) is 5.56 Å². The summed E-state index contributed by atoms with van der Waals surface area (Å²) in [5.74, 6) is -0.396. The Morgan fingerprint density at radius 2 is 1.60 bits per heavy atom. The monoisotopic (exact) mass is 338 g/mol. The molecule has 2 unspecified atom stereocenters. The first-order valence-corrected chi connectivity index (χ1v) is 8.80. The van der Waals surface area contributed by atoms with Crippen molar-refractivity contribution in [1.29, 1.82) is 0 Å². The second-order valence-corrected chi connectivity index (χ2v) is 6.24. The van der Waals surface area contributed by atoms with Crippen LogP contribution in [-0.4, -0.2) is 17.9 Å². The molecule has 0 spiro atoms. The molecule has 132 valence electrons. The first-order valence-electron chi connectivity index (χ1n) is 8.80. The van der Waals surface area contributed by atoms with E-state index in [0.29, 0.717) is 5.56 Å². The molecule has 0 heterocycles. The molecule has 2 amide bonds. The molecule has 4 nitrogen and oxygen atoms in total. The molecule has 4 heteroatoms. The highest BCUT2D eigenvalue weighted by atomic mass is 16.2. The molecule has 2 aromatic rings. The fraction of sp³-hybridized carbons (Fsp3) is 0.333. The summed E-state index contributed by atoms with van der Waals surface area (Å²) in [6.07, 6.45) is 1.75. The van der Waals surface area contributed by atoms with Crippen molar-refractivity contribution in [3.8, 4) is 0 Å². The molecule has 0 saturated heterocycles. The minimum atomic E-state index is -0.580. The van der Waals surface area contributed by atoms with Crippen molar-refractivity contribution in [1.82, 2.24) is 5.32 Å². The van der Waals surface area contributed by atoms with Gasteiger partial charge in [-0.3, -0.25) is 9.59 Å². The standard InChI is InChI=1S/C21H26N2O2/c1-4-15(3)19(23-20(24)17-9-7-6-8-10-17)21(25)22-18-13-11-16(5-2)12-14-18/h6-15,19H,4-5H2,1-3H3,(H,22,25)(H,23,24). The fourth-order valence-electron chi connectivity index (χ4n) is 2.56. The normalized spacial score (nSPS) is 12.9. The lowest BCUT2D eigenvalue weighted by Gasteiger charge is -2.23. The van der Waals surface area contributed by atoms with Crippen molar-refractivity contribution in [2.45, 2.75) is 39.7 Å². The number of anilines is 1. The third-order valence-corrected chi connectivity index (χ3v) is 4.45. The Morgan fingerprint density at radius 3 is 2.16 bits per heavy atom.